The maximum Gasteiger partial charge on any atom is 0.254 e. The van der Waals surface area contributed by atoms with E-state index in [1.807, 2.05) is 0 Å². The van der Waals surface area contributed by atoms with Gasteiger partial charge in [-0.25, -0.2) is 4.39 Å². The van der Waals surface area contributed by atoms with E-state index in [0.717, 1.165) is 12.8 Å². The van der Waals surface area contributed by atoms with Crippen LogP contribution in [0.2, 0.25) is 0 Å². The number of rotatable bonds is 4. The molecule has 0 saturated carbocycles. The number of carbonyl (C=O) groups excluding carboxylic acids is 2. The van der Waals surface area contributed by atoms with E-state index in [2.05, 4.69) is 5.32 Å². The molecule has 1 saturated heterocycles. The molecule has 1 aromatic rings. The fraction of sp³-hybridized carbons (Fsp3) is 0.429. The molecule has 0 spiro atoms. The van der Waals surface area contributed by atoms with Crippen molar-refractivity contribution in [3.63, 3.8) is 0 Å². The van der Waals surface area contributed by atoms with E-state index in [1.54, 1.807) is 11.0 Å². The van der Waals surface area contributed by atoms with E-state index in [-0.39, 0.29) is 30.7 Å². The van der Waals surface area contributed by atoms with Crippen LogP contribution in [0.3, 0.4) is 0 Å². The summed E-state index contributed by atoms with van der Waals surface area (Å²) in [5.41, 5.74) is -0.0829. The van der Waals surface area contributed by atoms with Gasteiger partial charge in [-0.1, -0.05) is 12.1 Å². The summed E-state index contributed by atoms with van der Waals surface area (Å²) in [5, 5.41) is 11.6. The van der Waals surface area contributed by atoms with Crippen LogP contribution in [0.4, 0.5) is 4.39 Å². The quantitative estimate of drug-likeness (QED) is 0.845. The van der Waals surface area contributed by atoms with Gasteiger partial charge < -0.3 is 15.3 Å². The summed E-state index contributed by atoms with van der Waals surface area (Å²) >= 11 is 0. The zero-order valence-electron chi connectivity index (χ0n) is 11.0. The monoisotopic (exact) mass is 280 g/mol. The standard InChI is InChI=1S/C14H17FN2O3/c15-12-6-2-1-5-11(12)14(20)16-8-13(19)17-7-3-4-10(17)9-18/h1-2,5-6,10,18H,3-4,7-9H2,(H,16,20)/t10-/m1/s1. The fourth-order valence-corrected chi connectivity index (χ4v) is 2.35. The van der Waals surface area contributed by atoms with Crippen LogP contribution in [-0.2, 0) is 4.79 Å². The number of benzene rings is 1. The molecule has 2 amide bonds. The third kappa shape index (κ3) is 3.14. The van der Waals surface area contributed by atoms with E-state index in [0.29, 0.717) is 6.54 Å². The van der Waals surface area contributed by atoms with E-state index >= 15 is 0 Å². The van der Waals surface area contributed by atoms with Gasteiger partial charge in [0.2, 0.25) is 5.91 Å². The minimum Gasteiger partial charge on any atom is -0.394 e. The second kappa shape index (κ2) is 6.47. The summed E-state index contributed by atoms with van der Waals surface area (Å²) in [6, 6.07) is 5.43. The van der Waals surface area contributed by atoms with Gasteiger partial charge in [-0.3, -0.25) is 9.59 Å². The van der Waals surface area contributed by atoms with Gasteiger partial charge in [0, 0.05) is 6.54 Å². The topological polar surface area (TPSA) is 69.6 Å². The number of carbonyl (C=O) groups is 2. The molecule has 0 unspecified atom stereocenters. The van der Waals surface area contributed by atoms with Gasteiger partial charge in [-0.2, -0.15) is 0 Å². The van der Waals surface area contributed by atoms with Crippen LogP contribution >= 0.6 is 0 Å². The van der Waals surface area contributed by atoms with Gasteiger partial charge in [0.25, 0.3) is 5.91 Å². The second-order valence-electron chi connectivity index (χ2n) is 4.73. The number of nitrogens with zero attached hydrogens (tertiary/aromatic N) is 1. The Balaban J connectivity index is 1.90. The second-order valence-corrected chi connectivity index (χ2v) is 4.73. The highest BCUT2D eigenvalue weighted by Gasteiger charge is 2.28. The zero-order chi connectivity index (χ0) is 14.5. The Morgan fingerprint density at radius 3 is 2.85 bits per heavy atom. The smallest absolute Gasteiger partial charge is 0.254 e. The van der Waals surface area contributed by atoms with Gasteiger partial charge in [-0.05, 0) is 25.0 Å². The van der Waals surface area contributed by atoms with E-state index in [9.17, 15) is 14.0 Å². The highest BCUT2D eigenvalue weighted by molar-refractivity contribution is 5.96. The number of aliphatic hydroxyl groups excluding tert-OH is 1. The lowest BCUT2D eigenvalue weighted by Gasteiger charge is -2.23. The maximum absolute atomic E-state index is 13.4. The minimum atomic E-state index is -0.619. The van der Waals surface area contributed by atoms with Crippen LogP contribution in [-0.4, -0.2) is 47.6 Å². The number of aliphatic hydroxyl groups is 1. The number of likely N-dealkylation sites (tertiary alicyclic amines) is 1. The molecule has 5 nitrogen and oxygen atoms in total. The van der Waals surface area contributed by atoms with Crippen molar-refractivity contribution in [1.82, 2.24) is 10.2 Å². The first-order chi connectivity index (χ1) is 9.63. The molecule has 20 heavy (non-hydrogen) atoms. The predicted molar refractivity (Wildman–Crippen MR) is 70.6 cm³/mol. The van der Waals surface area contributed by atoms with Crippen LogP contribution in [0.25, 0.3) is 0 Å². The Morgan fingerprint density at radius 2 is 2.15 bits per heavy atom. The van der Waals surface area contributed by atoms with Gasteiger partial charge in [0.05, 0.1) is 24.8 Å². The summed E-state index contributed by atoms with van der Waals surface area (Å²) in [7, 11) is 0. The maximum atomic E-state index is 13.4. The summed E-state index contributed by atoms with van der Waals surface area (Å²) < 4.78 is 13.4. The lowest BCUT2D eigenvalue weighted by Crippen LogP contribution is -2.43. The van der Waals surface area contributed by atoms with Gasteiger partial charge in [0.15, 0.2) is 0 Å². The molecule has 1 aromatic carbocycles. The average Bonchev–Trinajstić information content (AvgIpc) is 2.93. The Bertz CT molecular complexity index is 507. The number of hydrogen-bond donors (Lipinski definition) is 2. The number of halogens is 1. The van der Waals surface area contributed by atoms with Crippen LogP contribution in [0.5, 0.6) is 0 Å². The SMILES string of the molecule is O=C(NCC(=O)N1CCC[C@@H]1CO)c1ccccc1F. The first-order valence-corrected chi connectivity index (χ1v) is 6.56. The summed E-state index contributed by atoms with van der Waals surface area (Å²) in [6.45, 7) is 0.316. The van der Waals surface area contributed by atoms with Gasteiger partial charge >= 0.3 is 0 Å². The molecule has 1 atom stereocenters. The van der Waals surface area contributed by atoms with Gasteiger partial charge in [0.1, 0.15) is 5.82 Å². The number of amides is 2. The molecular formula is C14H17FN2O3. The molecule has 2 rings (SSSR count). The molecule has 1 aliphatic heterocycles. The minimum absolute atomic E-state index is 0.0764. The molecule has 1 heterocycles. The first-order valence-electron chi connectivity index (χ1n) is 6.56. The molecule has 1 aliphatic rings. The van der Waals surface area contributed by atoms with Crippen molar-refractivity contribution in [3.05, 3.63) is 35.6 Å². The van der Waals surface area contributed by atoms with Gasteiger partial charge in [-0.15, -0.1) is 0 Å². The Hall–Kier alpha value is -1.95. The van der Waals surface area contributed by atoms with E-state index in [1.165, 1.54) is 18.2 Å². The number of nitrogens with one attached hydrogen (secondary N) is 1. The third-order valence-corrected chi connectivity index (χ3v) is 3.43. The van der Waals surface area contributed by atoms with Crippen LogP contribution in [0.15, 0.2) is 24.3 Å². The zero-order valence-corrected chi connectivity index (χ0v) is 11.0. The average molecular weight is 280 g/mol. The highest BCUT2D eigenvalue weighted by Crippen LogP contribution is 2.16. The fourth-order valence-electron chi connectivity index (χ4n) is 2.35. The van der Waals surface area contributed by atoms with Crippen molar-refractivity contribution in [3.8, 4) is 0 Å². The summed E-state index contributed by atoms with van der Waals surface area (Å²) in [6.07, 6.45) is 1.61. The lowest BCUT2D eigenvalue weighted by atomic mass is 10.2. The van der Waals surface area contributed by atoms with Crippen LogP contribution in [0, 0.1) is 5.82 Å². The Morgan fingerprint density at radius 1 is 1.40 bits per heavy atom. The van der Waals surface area contributed by atoms with Crippen molar-refractivity contribution in [2.45, 2.75) is 18.9 Å². The molecule has 6 heteroatoms. The van der Waals surface area contributed by atoms with Crippen LogP contribution in [0.1, 0.15) is 23.2 Å². The van der Waals surface area contributed by atoms with Crippen molar-refractivity contribution >= 4 is 11.8 Å². The number of hydrogen-bond acceptors (Lipinski definition) is 3. The predicted octanol–water partition coefficient (Wildman–Crippen LogP) is 0.539. The largest absolute Gasteiger partial charge is 0.394 e. The normalized spacial score (nSPS) is 18.1. The summed E-state index contributed by atoms with van der Waals surface area (Å²) in [5.74, 6) is -1.49. The molecule has 0 radical (unpaired) electrons. The van der Waals surface area contributed by atoms with Crippen molar-refractivity contribution < 1.29 is 19.1 Å². The molecule has 0 aromatic heterocycles. The van der Waals surface area contributed by atoms with Crippen molar-refractivity contribution in [1.29, 1.82) is 0 Å². The summed E-state index contributed by atoms with van der Waals surface area (Å²) in [4.78, 5) is 25.3. The lowest BCUT2D eigenvalue weighted by molar-refractivity contribution is -0.131. The van der Waals surface area contributed by atoms with Crippen molar-refractivity contribution in [2.24, 2.45) is 0 Å². The molecular weight excluding hydrogens is 263 g/mol. The third-order valence-electron chi connectivity index (χ3n) is 3.43. The Labute approximate surface area is 116 Å². The van der Waals surface area contributed by atoms with Crippen molar-refractivity contribution in [2.75, 3.05) is 19.7 Å². The van der Waals surface area contributed by atoms with E-state index in [4.69, 9.17) is 5.11 Å². The highest BCUT2D eigenvalue weighted by atomic mass is 19.1. The molecule has 1 fully saturated rings. The van der Waals surface area contributed by atoms with Crippen LogP contribution < -0.4 is 5.32 Å². The molecule has 2 N–H and O–H groups in total. The molecule has 0 bridgehead atoms. The molecule has 108 valence electrons. The Kier molecular flexibility index (Phi) is 4.68. The molecule has 0 aliphatic carbocycles. The first kappa shape index (κ1) is 14.5. The van der Waals surface area contributed by atoms with E-state index < -0.39 is 11.7 Å².